The zero-order valence-electron chi connectivity index (χ0n) is 17.2. The fraction of sp³-hybridized carbons (Fsp3) is 0.409. The van der Waals surface area contributed by atoms with E-state index in [1.165, 1.54) is 0 Å². The second kappa shape index (κ2) is 7.19. The molecular weight excluding hydrogens is 382 g/mol. The second-order valence-corrected chi connectivity index (χ2v) is 8.13. The van der Waals surface area contributed by atoms with Crippen LogP contribution in [0.15, 0.2) is 36.8 Å². The van der Waals surface area contributed by atoms with Gasteiger partial charge in [-0.2, -0.15) is 0 Å². The van der Waals surface area contributed by atoms with Crippen molar-refractivity contribution in [2.75, 3.05) is 45.3 Å². The number of hydrogen-bond donors (Lipinski definition) is 1. The van der Waals surface area contributed by atoms with Crippen LogP contribution in [0.3, 0.4) is 0 Å². The number of carbonyl (C=O) groups excluding carboxylic acids is 1. The van der Waals surface area contributed by atoms with Crippen molar-refractivity contribution in [3.05, 3.63) is 42.4 Å². The van der Waals surface area contributed by atoms with Crippen LogP contribution in [-0.4, -0.2) is 66.2 Å². The maximum Gasteiger partial charge on any atom is 0.257 e. The van der Waals surface area contributed by atoms with Gasteiger partial charge in [0.25, 0.3) is 5.91 Å². The van der Waals surface area contributed by atoms with Gasteiger partial charge in [-0.05, 0) is 31.0 Å². The van der Waals surface area contributed by atoms with Crippen molar-refractivity contribution in [3.63, 3.8) is 0 Å². The van der Waals surface area contributed by atoms with Crippen molar-refractivity contribution < 1.29 is 14.3 Å². The zero-order valence-corrected chi connectivity index (χ0v) is 17.2. The molecule has 3 heterocycles. The maximum absolute atomic E-state index is 13.5. The van der Waals surface area contributed by atoms with Gasteiger partial charge in [-0.1, -0.05) is 6.07 Å². The minimum absolute atomic E-state index is 0.0200. The van der Waals surface area contributed by atoms with Crippen molar-refractivity contribution in [1.82, 2.24) is 19.9 Å². The molecule has 3 aromatic rings. The fourth-order valence-corrected chi connectivity index (χ4v) is 4.44. The predicted molar refractivity (Wildman–Crippen MR) is 113 cm³/mol. The average Bonchev–Trinajstić information content (AvgIpc) is 3.42. The summed E-state index contributed by atoms with van der Waals surface area (Å²) < 4.78 is 10.9. The monoisotopic (exact) mass is 407 g/mol. The van der Waals surface area contributed by atoms with E-state index in [2.05, 4.69) is 19.9 Å². The molecule has 2 aliphatic rings. The molecule has 2 fully saturated rings. The number of aromatic nitrogens is 3. The minimum Gasteiger partial charge on any atom is -0.493 e. The molecule has 1 N–H and O–H groups in total. The first-order valence-electron chi connectivity index (χ1n) is 10.2. The molecule has 156 valence electrons. The number of amides is 1. The Morgan fingerprint density at radius 1 is 1.10 bits per heavy atom. The molecule has 1 aromatic carbocycles. The molecule has 0 unspecified atom stereocenters. The van der Waals surface area contributed by atoms with Gasteiger partial charge in [0.2, 0.25) is 0 Å². The van der Waals surface area contributed by atoms with Gasteiger partial charge in [0, 0.05) is 37.8 Å². The number of nitrogens with zero attached hydrogens (tertiary/aromatic N) is 4. The number of H-pyrrole nitrogens is 1. The average molecular weight is 407 g/mol. The Balaban J connectivity index is 1.45. The number of aromatic amines is 1. The van der Waals surface area contributed by atoms with Crippen molar-refractivity contribution >= 4 is 22.8 Å². The van der Waals surface area contributed by atoms with Crippen molar-refractivity contribution in [2.24, 2.45) is 5.41 Å². The van der Waals surface area contributed by atoms with Crippen LogP contribution >= 0.6 is 0 Å². The van der Waals surface area contributed by atoms with E-state index in [1.807, 2.05) is 23.2 Å². The zero-order chi connectivity index (χ0) is 20.7. The molecule has 1 aliphatic heterocycles. The number of para-hydroxylation sites is 1. The lowest BCUT2D eigenvalue weighted by atomic mass is 10.1. The molecule has 1 spiro atoms. The van der Waals surface area contributed by atoms with Gasteiger partial charge in [-0.25, -0.2) is 9.97 Å². The highest BCUT2D eigenvalue weighted by Crippen LogP contribution is 2.49. The quantitative estimate of drug-likeness (QED) is 0.716. The second-order valence-electron chi connectivity index (χ2n) is 8.13. The van der Waals surface area contributed by atoms with E-state index in [1.54, 1.807) is 32.7 Å². The molecule has 2 aromatic heterocycles. The van der Waals surface area contributed by atoms with E-state index >= 15 is 0 Å². The molecule has 1 saturated carbocycles. The van der Waals surface area contributed by atoms with E-state index in [-0.39, 0.29) is 11.3 Å². The third kappa shape index (κ3) is 3.12. The van der Waals surface area contributed by atoms with E-state index < -0.39 is 0 Å². The Morgan fingerprint density at radius 3 is 2.73 bits per heavy atom. The highest BCUT2D eigenvalue weighted by atomic mass is 16.5. The first-order chi connectivity index (χ1) is 14.6. The molecule has 0 atom stereocenters. The van der Waals surface area contributed by atoms with Crippen LogP contribution in [0.4, 0.5) is 5.82 Å². The number of hydrogen-bond acceptors (Lipinski definition) is 6. The molecule has 8 nitrogen and oxygen atoms in total. The van der Waals surface area contributed by atoms with Gasteiger partial charge in [0.15, 0.2) is 11.5 Å². The smallest absolute Gasteiger partial charge is 0.257 e. The molecule has 30 heavy (non-hydrogen) atoms. The Morgan fingerprint density at radius 2 is 1.97 bits per heavy atom. The minimum atomic E-state index is -0.0200. The third-order valence-electron chi connectivity index (χ3n) is 6.20. The Bertz CT molecular complexity index is 1090. The lowest BCUT2D eigenvalue weighted by Crippen LogP contribution is -2.36. The van der Waals surface area contributed by atoms with Gasteiger partial charge < -0.3 is 24.3 Å². The Labute approximate surface area is 174 Å². The van der Waals surface area contributed by atoms with Crippen LogP contribution in [0.25, 0.3) is 11.0 Å². The number of anilines is 1. The Kier molecular flexibility index (Phi) is 4.49. The van der Waals surface area contributed by atoms with Crippen molar-refractivity contribution in [1.29, 1.82) is 0 Å². The summed E-state index contributed by atoms with van der Waals surface area (Å²) in [6, 6.07) is 7.45. The summed E-state index contributed by atoms with van der Waals surface area (Å²) >= 11 is 0. The van der Waals surface area contributed by atoms with Crippen LogP contribution in [0, 0.1) is 5.41 Å². The molecular formula is C22H25N5O3. The molecule has 1 aliphatic carbocycles. The third-order valence-corrected chi connectivity index (χ3v) is 6.20. The van der Waals surface area contributed by atoms with Gasteiger partial charge in [-0.3, -0.25) is 4.79 Å². The van der Waals surface area contributed by atoms with E-state index in [0.29, 0.717) is 23.6 Å². The van der Waals surface area contributed by atoms with Crippen LogP contribution in [0.2, 0.25) is 0 Å². The standard InChI is InChI=1S/C22H25N5O3/c1-29-17-5-3-4-15(18(17)30-2)21(28)27-11-10-26(12-22(13-27)7-8-22)20-16-6-9-23-19(16)24-14-25-20/h3-6,9,14H,7-8,10-13H2,1-2H3,(H,23,24,25). The van der Waals surface area contributed by atoms with E-state index in [9.17, 15) is 4.79 Å². The number of rotatable bonds is 4. The first kappa shape index (κ1) is 18.7. The van der Waals surface area contributed by atoms with E-state index in [4.69, 9.17) is 9.47 Å². The summed E-state index contributed by atoms with van der Waals surface area (Å²) in [4.78, 5) is 29.8. The predicted octanol–water partition coefficient (Wildman–Crippen LogP) is 2.72. The van der Waals surface area contributed by atoms with E-state index in [0.717, 1.165) is 49.3 Å². The lowest BCUT2D eigenvalue weighted by Gasteiger charge is -2.25. The molecule has 0 radical (unpaired) electrons. The highest BCUT2D eigenvalue weighted by molar-refractivity contribution is 5.98. The number of nitrogens with one attached hydrogen (secondary N) is 1. The van der Waals surface area contributed by atoms with Gasteiger partial charge in [-0.15, -0.1) is 0 Å². The molecule has 1 saturated heterocycles. The molecule has 0 bridgehead atoms. The lowest BCUT2D eigenvalue weighted by molar-refractivity contribution is 0.0736. The Hall–Kier alpha value is -3.29. The van der Waals surface area contributed by atoms with Crippen LogP contribution < -0.4 is 14.4 Å². The van der Waals surface area contributed by atoms with Crippen LogP contribution in [0.5, 0.6) is 11.5 Å². The summed E-state index contributed by atoms with van der Waals surface area (Å²) in [5.41, 5.74) is 1.49. The van der Waals surface area contributed by atoms with Gasteiger partial charge in [0.1, 0.15) is 17.8 Å². The molecule has 5 rings (SSSR count). The summed E-state index contributed by atoms with van der Waals surface area (Å²) in [5, 5.41) is 1.02. The number of benzene rings is 1. The largest absolute Gasteiger partial charge is 0.493 e. The number of ether oxygens (including phenoxy) is 2. The maximum atomic E-state index is 13.5. The number of carbonyl (C=O) groups is 1. The number of methoxy groups -OCH3 is 2. The summed E-state index contributed by atoms with van der Waals surface area (Å²) in [6.07, 6.45) is 5.72. The van der Waals surface area contributed by atoms with Crippen molar-refractivity contribution in [2.45, 2.75) is 12.8 Å². The van der Waals surface area contributed by atoms with Crippen LogP contribution in [-0.2, 0) is 0 Å². The SMILES string of the molecule is COc1cccc(C(=O)N2CCN(c3ncnc4[nH]ccc34)CC3(CC3)C2)c1OC. The summed E-state index contributed by atoms with van der Waals surface area (Å²) in [6.45, 7) is 2.97. The van der Waals surface area contributed by atoms with Gasteiger partial charge in [0.05, 0.1) is 25.2 Å². The normalized spacial score (nSPS) is 17.8. The molecule has 1 amide bonds. The van der Waals surface area contributed by atoms with Crippen LogP contribution in [0.1, 0.15) is 23.2 Å². The summed E-state index contributed by atoms with van der Waals surface area (Å²) in [7, 11) is 3.15. The fourth-order valence-electron chi connectivity index (χ4n) is 4.44. The number of fused-ring (bicyclic) bond motifs is 1. The molecule has 8 heteroatoms. The van der Waals surface area contributed by atoms with Crippen molar-refractivity contribution in [3.8, 4) is 11.5 Å². The summed E-state index contributed by atoms with van der Waals surface area (Å²) in [5.74, 6) is 1.96. The topological polar surface area (TPSA) is 83.6 Å². The highest BCUT2D eigenvalue weighted by Gasteiger charge is 2.48. The van der Waals surface area contributed by atoms with Gasteiger partial charge >= 0.3 is 0 Å². The first-order valence-corrected chi connectivity index (χ1v) is 10.2.